The number of nitrogens with zero attached hydrogens (tertiary/aromatic N) is 2. The molecule has 0 aliphatic carbocycles. The molecule has 0 fully saturated rings. The average molecular weight is 433 g/mol. The number of fused-ring (bicyclic) bond motifs is 1. The third-order valence-electron chi connectivity index (χ3n) is 4.86. The highest BCUT2D eigenvalue weighted by Crippen LogP contribution is 2.32. The van der Waals surface area contributed by atoms with E-state index in [4.69, 9.17) is 18.8 Å². The zero-order chi connectivity index (χ0) is 22.9. The Labute approximate surface area is 187 Å². The van der Waals surface area contributed by atoms with Crippen LogP contribution in [0.1, 0.15) is 41.0 Å². The number of nitrogens with one attached hydrogen (secondary N) is 2. The molecular weight excluding hydrogens is 404 g/mol. The normalized spacial score (nSPS) is 12.2. The second-order valence-electron chi connectivity index (χ2n) is 9.78. The van der Waals surface area contributed by atoms with Gasteiger partial charge < -0.3 is 19.5 Å². The molecule has 3 aromatic heterocycles. The minimum absolute atomic E-state index is 0.100. The van der Waals surface area contributed by atoms with Gasteiger partial charge in [0.25, 0.3) is 0 Å². The lowest BCUT2D eigenvalue weighted by Crippen LogP contribution is -2.47. The largest absolute Gasteiger partial charge is 0.463 e. The molecule has 2 N–H and O–H groups in total. The molecule has 166 valence electrons. The van der Waals surface area contributed by atoms with Crippen LogP contribution in [0.5, 0.6) is 0 Å². The van der Waals surface area contributed by atoms with E-state index < -0.39 is 0 Å². The van der Waals surface area contributed by atoms with Crippen molar-refractivity contribution < 1.29 is 13.6 Å². The van der Waals surface area contributed by atoms with Crippen molar-refractivity contribution >= 4 is 22.8 Å². The van der Waals surface area contributed by atoms with Gasteiger partial charge in [-0.15, -0.1) is 0 Å². The molecule has 0 spiro atoms. The first-order valence-electron chi connectivity index (χ1n) is 10.6. The van der Waals surface area contributed by atoms with Crippen molar-refractivity contribution in [3.63, 3.8) is 0 Å². The first-order chi connectivity index (χ1) is 15.1. The molecule has 1 aromatic carbocycles. The van der Waals surface area contributed by atoms with Gasteiger partial charge in [0.1, 0.15) is 11.4 Å². The highest BCUT2D eigenvalue weighted by Gasteiger charge is 2.27. The van der Waals surface area contributed by atoms with E-state index >= 15 is 0 Å². The van der Waals surface area contributed by atoms with Crippen LogP contribution >= 0.6 is 0 Å². The van der Waals surface area contributed by atoms with Gasteiger partial charge in [0, 0.05) is 11.2 Å². The molecule has 7 heteroatoms. The number of urea groups is 1. The smallest absolute Gasteiger partial charge is 0.319 e. The van der Waals surface area contributed by atoms with Crippen LogP contribution < -0.4 is 10.6 Å². The molecule has 0 bridgehead atoms. The van der Waals surface area contributed by atoms with E-state index in [1.165, 1.54) is 0 Å². The van der Waals surface area contributed by atoms with Crippen molar-refractivity contribution in [2.45, 2.75) is 46.6 Å². The number of aromatic nitrogens is 2. The summed E-state index contributed by atoms with van der Waals surface area (Å²) in [6, 6.07) is 12.5. The van der Waals surface area contributed by atoms with Crippen molar-refractivity contribution in [1.82, 2.24) is 15.3 Å². The lowest BCUT2D eigenvalue weighted by Gasteiger charge is -2.33. The summed E-state index contributed by atoms with van der Waals surface area (Å²) in [6.45, 7) is 10.5. The number of carbonyl (C=O) groups is 1. The van der Waals surface area contributed by atoms with Crippen molar-refractivity contribution in [3.05, 3.63) is 55.0 Å². The van der Waals surface area contributed by atoms with Gasteiger partial charge in [0.15, 0.2) is 11.5 Å². The Morgan fingerprint density at radius 3 is 2.00 bits per heavy atom. The third-order valence-corrected chi connectivity index (χ3v) is 4.86. The Bertz CT molecular complexity index is 1220. The molecule has 0 radical (unpaired) electrons. The van der Waals surface area contributed by atoms with E-state index in [0.717, 1.165) is 6.42 Å². The van der Waals surface area contributed by atoms with Gasteiger partial charge in [0.05, 0.1) is 23.6 Å². The van der Waals surface area contributed by atoms with Crippen LogP contribution in [0, 0.1) is 5.41 Å². The fourth-order valence-electron chi connectivity index (χ4n) is 4.14. The highest BCUT2D eigenvalue weighted by atomic mass is 16.3. The molecule has 2 amide bonds. The number of hydrogen-bond acceptors (Lipinski definition) is 5. The molecule has 0 aliphatic rings. The summed E-state index contributed by atoms with van der Waals surface area (Å²) in [4.78, 5) is 22.2. The SMILES string of the molecule is CC(C)(C)CC(C)(C)NC(=O)Nc1ccc2nc(-c3ccco3)c(-c3ccco3)nc2c1. The molecule has 4 rings (SSSR count). The van der Waals surface area contributed by atoms with Gasteiger partial charge in [-0.2, -0.15) is 0 Å². The number of benzene rings is 1. The van der Waals surface area contributed by atoms with Crippen molar-refractivity contribution in [2.24, 2.45) is 5.41 Å². The predicted octanol–water partition coefficient (Wildman–Crippen LogP) is 6.49. The Morgan fingerprint density at radius 2 is 1.47 bits per heavy atom. The number of carbonyl (C=O) groups excluding carboxylic acids is 1. The average Bonchev–Trinajstić information content (AvgIpc) is 3.38. The Balaban J connectivity index is 1.63. The third kappa shape index (κ3) is 4.99. The van der Waals surface area contributed by atoms with Gasteiger partial charge >= 0.3 is 6.03 Å². The van der Waals surface area contributed by atoms with Gasteiger partial charge in [-0.25, -0.2) is 14.8 Å². The van der Waals surface area contributed by atoms with Crippen molar-refractivity contribution in [3.8, 4) is 22.9 Å². The van der Waals surface area contributed by atoms with E-state index in [-0.39, 0.29) is 17.0 Å². The van der Waals surface area contributed by atoms with Crippen LogP contribution in [-0.4, -0.2) is 21.5 Å². The topological polar surface area (TPSA) is 93.2 Å². The lowest BCUT2D eigenvalue weighted by atomic mass is 9.82. The maximum Gasteiger partial charge on any atom is 0.319 e. The number of hydrogen-bond donors (Lipinski definition) is 2. The standard InChI is InChI=1S/C25H28N4O3/c1-24(2,3)15-25(4,5)29-23(30)26-16-10-11-17-18(14-16)28-22(20-9-7-13-32-20)21(27-17)19-8-6-12-31-19/h6-14H,15H2,1-5H3,(H2,26,29,30). The van der Waals surface area contributed by atoms with Gasteiger partial charge in [0.2, 0.25) is 0 Å². The second-order valence-corrected chi connectivity index (χ2v) is 9.78. The van der Waals surface area contributed by atoms with Gasteiger partial charge in [-0.3, -0.25) is 0 Å². The maximum absolute atomic E-state index is 12.6. The molecule has 7 nitrogen and oxygen atoms in total. The number of furan rings is 2. The first-order valence-corrected chi connectivity index (χ1v) is 10.6. The first kappa shape index (κ1) is 21.6. The van der Waals surface area contributed by atoms with Crippen LogP contribution in [0.25, 0.3) is 33.9 Å². The minimum atomic E-state index is -0.344. The molecular formula is C25H28N4O3. The minimum Gasteiger partial charge on any atom is -0.463 e. The molecule has 0 aliphatic heterocycles. The van der Waals surface area contributed by atoms with Crippen LogP contribution in [-0.2, 0) is 0 Å². The summed E-state index contributed by atoms with van der Waals surface area (Å²) in [5.74, 6) is 1.19. The molecule has 0 atom stereocenters. The Morgan fingerprint density at radius 1 is 0.875 bits per heavy atom. The molecule has 0 unspecified atom stereocenters. The van der Waals surface area contributed by atoms with E-state index in [1.807, 2.05) is 38.1 Å². The summed E-state index contributed by atoms with van der Waals surface area (Å²) < 4.78 is 11.1. The molecule has 4 aromatic rings. The van der Waals surface area contributed by atoms with Crippen molar-refractivity contribution in [2.75, 3.05) is 5.32 Å². The lowest BCUT2D eigenvalue weighted by molar-refractivity contribution is 0.220. The zero-order valence-electron chi connectivity index (χ0n) is 19.0. The quantitative estimate of drug-likeness (QED) is 0.376. The Hall–Kier alpha value is -3.61. The fourth-order valence-corrected chi connectivity index (χ4v) is 4.14. The van der Waals surface area contributed by atoms with Crippen LogP contribution in [0.2, 0.25) is 0 Å². The van der Waals surface area contributed by atoms with Crippen LogP contribution in [0.3, 0.4) is 0 Å². The summed E-state index contributed by atoms with van der Waals surface area (Å²) in [7, 11) is 0. The maximum atomic E-state index is 12.6. The van der Waals surface area contributed by atoms with Crippen LogP contribution in [0.4, 0.5) is 10.5 Å². The number of anilines is 1. The number of rotatable bonds is 5. The van der Waals surface area contributed by atoms with E-state index in [9.17, 15) is 4.79 Å². The van der Waals surface area contributed by atoms with E-state index in [1.54, 1.807) is 30.7 Å². The molecule has 3 heterocycles. The van der Waals surface area contributed by atoms with E-state index in [0.29, 0.717) is 39.6 Å². The predicted molar refractivity (Wildman–Crippen MR) is 125 cm³/mol. The summed E-state index contributed by atoms with van der Waals surface area (Å²) in [5, 5.41) is 5.97. The summed E-state index contributed by atoms with van der Waals surface area (Å²) >= 11 is 0. The number of amides is 2. The van der Waals surface area contributed by atoms with Gasteiger partial charge in [-0.05, 0) is 68.1 Å². The fraction of sp³-hybridized carbons (Fsp3) is 0.320. The summed E-state index contributed by atoms with van der Waals surface area (Å²) in [5.41, 5.74) is 2.88. The zero-order valence-corrected chi connectivity index (χ0v) is 19.0. The molecule has 0 saturated heterocycles. The molecule has 32 heavy (non-hydrogen) atoms. The van der Waals surface area contributed by atoms with Crippen LogP contribution in [0.15, 0.2) is 63.8 Å². The monoisotopic (exact) mass is 432 g/mol. The highest BCUT2D eigenvalue weighted by molar-refractivity contribution is 5.93. The summed E-state index contributed by atoms with van der Waals surface area (Å²) in [6.07, 6.45) is 4.04. The second kappa shape index (κ2) is 8.15. The van der Waals surface area contributed by atoms with E-state index in [2.05, 4.69) is 31.4 Å². The van der Waals surface area contributed by atoms with Crippen molar-refractivity contribution in [1.29, 1.82) is 0 Å². The Kier molecular flexibility index (Phi) is 5.50. The molecule has 0 saturated carbocycles. The van der Waals surface area contributed by atoms with Gasteiger partial charge in [-0.1, -0.05) is 20.8 Å².